The number of halogens is 2. The van der Waals surface area contributed by atoms with Crippen molar-refractivity contribution in [1.29, 1.82) is 0 Å². The first-order valence-corrected chi connectivity index (χ1v) is 3.72. The van der Waals surface area contributed by atoms with Crippen molar-refractivity contribution < 1.29 is 8.78 Å². The second-order valence-electron chi connectivity index (χ2n) is 2.33. The molecule has 3 heteroatoms. The Labute approximate surface area is 60.8 Å². The molecule has 0 aromatic heterocycles. The molecule has 1 saturated heterocycles. The summed E-state index contributed by atoms with van der Waals surface area (Å²) in [5.41, 5.74) is 0. The number of nitrogens with one attached hydrogen (secondary N) is 1. The van der Waals surface area contributed by atoms with Crippen molar-refractivity contribution in [2.75, 3.05) is 13.1 Å². The number of alkyl halides is 2. The van der Waals surface area contributed by atoms with E-state index in [4.69, 9.17) is 0 Å². The van der Waals surface area contributed by atoms with Gasteiger partial charge in [0.15, 0.2) is 0 Å². The molecule has 62 valence electrons. The average molecular weight is 151 g/mol. The minimum absolute atomic E-state index is 0.833. The molecule has 0 atom stereocenters. The molecule has 1 heterocycles. The first kappa shape index (κ1) is 9.82. The summed E-state index contributed by atoms with van der Waals surface area (Å²) in [4.78, 5) is 0. The summed E-state index contributed by atoms with van der Waals surface area (Å²) in [7, 11) is 0. The van der Waals surface area contributed by atoms with Gasteiger partial charge in [-0.15, -0.1) is 0 Å². The van der Waals surface area contributed by atoms with E-state index in [1.165, 1.54) is 32.4 Å². The molecule has 0 aromatic rings. The smallest absolute Gasteiger partial charge is 0.235 e. The third-order valence-electron chi connectivity index (χ3n) is 1.21. The van der Waals surface area contributed by atoms with Gasteiger partial charge in [0, 0.05) is 0 Å². The van der Waals surface area contributed by atoms with E-state index in [0.29, 0.717) is 0 Å². The van der Waals surface area contributed by atoms with Crippen LogP contribution in [0.3, 0.4) is 0 Å². The quantitative estimate of drug-likeness (QED) is 0.558. The molecule has 0 bridgehead atoms. The SMILES string of the molecule is C1CCNCC1.CC(F)F. The van der Waals surface area contributed by atoms with Gasteiger partial charge in [0.25, 0.3) is 0 Å². The molecule has 0 amide bonds. The fraction of sp³-hybridized carbons (Fsp3) is 1.00. The Morgan fingerprint density at radius 3 is 1.60 bits per heavy atom. The molecule has 10 heavy (non-hydrogen) atoms. The van der Waals surface area contributed by atoms with Crippen LogP contribution in [-0.2, 0) is 0 Å². The van der Waals surface area contributed by atoms with Gasteiger partial charge in [0.2, 0.25) is 6.43 Å². The zero-order chi connectivity index (χ0) is 7.82. The fourth-order valence-corrected chi connectivity index (χ4v) is 0.802. The lowest BCUT2D eigenvalue weighted by Crippen LogP contribution is -2.21. The van der Waals surface area contributed by atoms with Crippen molar-refractivity contribution in [2.45, 2.75) is 32.6 Å². The van der Waals surface area contributed by atoms with E-state index in [9.17, 15) is 8.78 Å². The third kappa shape index (κ3) is 10.7. The van der Waals surface area contributed by atoms with Crippen LogP contribution in [-0.4, -0.2) is 19.5 Å². The van der Waals surface area contributed by atoms with Gasteiger partial charge in [-0.3, -0.25) is 0 Å². The van der Waals surface area contributed by atoms with Crippen molar-refractivity contribution in [1.82, 2.24) is 5.32 Å². The van der Waals surface area contributed by atoms with Crippen LogP contribution >= 0.6 is 0 Å². The van der Waals surface area contributed by atoms with E-state index in [0.717, 1.165) is 6.92 Å². The molecule has 0 aromatic carbocycles. The lowest BCUT2D eigenvalue weighted by molar-refractivity contribution is 0.171. The number of piperidine rings is 1. The largest absolute Gasteiger partial charge is 0.317 e. The van der Waals surface area contributed by atoms with Crippen molar-refractivity contribution >= 4 is 0 Å². The fourth-order valence-electron chi connectivity index (χ4n) is 0.802. The molecule has 1 fully saturated rings. The average Bonchev–Trinajstić information content (AvgIpc) is 1.90. The first-order chi connectivity index (χ1) is 4.73. The van der Waals surface area contributed by atoms with E-state index >= 15 is 0 Å². The Balaban J connectivity index is 0.000000180. The standard InChI is InChI=1S/C5H11N.C2H4F2/c1-2-4-6-5-3-1;1-2(3)4/h6H,1-5H2;2H,1H3. The molecule has 1 aliphatic heterocycles. The summed E-state index contributed by atoms with van der Waals surface area (Å²) in [6, 6.07) is 0. The van der Waals surface area contributed by atoms with Gasteiger partial charge < -0.3 is 5.32 Å². The van der Waals surface area contributed by atoms with Crippen LogP contribution in [0.2, 0.25) is 0 Å². The maximum atomic E-state index is 10.3. The van der Waals surface area contributed by atoms with Crippen molar-refractivity contribution in [3.8, 4) is 0 Å². The van der Waals surface area contributed by atoms with E-state index in [1.54, 1.807) is 0 Å². The number of hydrogen-bond acceptors (Lipinski definition) is 1. The van der Waals surface area contributed by atoms with E-state index < -0.39 is 6.43 Å². The Morgan fingerprint density at radius 1 is 1.10 bits per heavy atom. The Bertz CT molecular complexity index is 48.4. The summed E-state index contributed by atoms with van der Waals surface area (Å²) in [6.07, 6.45) is 2.05. The van der Waals surface area contributed by atoms with Crippen molar-refractivity contribution in [3.63, 3.8) is 0 Å². The van der Waals surface area contributed by atoms with Gasteiger partial charge in [-0.25, -0.2) is 8.78 Å². The maximum Gasteiger partial charge on any atom is 0.235 e. The molecule has 0 spiro atoms. The van der Waals surface area contributed by atoms with Gasteiger partial charge in [0.1, 0.15) is 0 Å². The summed E-state index contributed by atoms with van der Waals surface area (Å²) in [5.74, 6) is 0. The molecular weight excluding hydrogens is 136 g/mol. The summed E-state index contributed by atoms with van der Waals surface area (Å²) < 4.78 is 20.7. The zero-order valence-electron chi connectivity index (χ0n) is 6.37. The molecule has 1 nitrogen and oxygen atoms in total. The van der Waals surface area contributed by atoms with E-state index in [-0.39, 0.29) is 0 Å². The van der Waals surface area contributed by atoms with Gasteiger partial charge in [-0.05, 0) is 32.9 Å². The molecule has 0 radical (unpaired) electrons. The van der Waals surface area contributed by atoms with Crippen LogP contribution in [0.25, 0.3) is 0 Å². The predicted molar refractivity (Wildman–Crippen MR) is 38.4 cm³/mol. The van der Waals surface area contributed by atoms with Gasteiger partial charge >= 0.3 is 0 Å². The monoisotopic (exact) mass is 151 g/mol. The van der Waals surface area contributed by atoms with Gasteiger partial charge in [-0.2, -0.15) is 0 Å². The summed E-state index contributed by atoms with van der Waals surface area (Å²) >= 11 is 0. The first-order valence-electron chi connectivity index (χ1n) is 3.72. The number of hydrogen-bond donors (Lipinski definition) is 1. The van der Waals surface area contributed by atoms with Crippen LogP contribution in [0.15, 0.2) is 0 Å². The minimum Gasteiger partial charge on any atom is -0.317 e. The second kappa shape index (κ2) is 6.93. The summed E-state index contributed by atoms with van der Waals surface area (Å²) in [6.45, 7) is 3.33. The van der Waals surface area contributed by atoms with E-state index in [2.05, 4.69) is 5.32 Å². The Hall–Kier alpha value is -0.180. The number of rotatable bonds is 0. The molecular formula is C7H15F2N. The van der Waals surface area contributed by atoms with Gasteiger partial charge in [-0.1, -0.05) is 6.42 Å². The third-order valence-corrected chi connectivity index (χ3v) is 1.21. The molecule has 0 unspecified atom stereocenters. The van der Waals surface area contributed by atoms with Crippen LogP contribution < -0.4 is 5.32 Å². The molecule has 0 saturated carbocycles. The van der Waals surface area contributed by atoms with Crippen LogP contribution in [0.4, 0.5) is 8.78 Å². The van der Waals surface area contributed by atoms with Crippen LogP contribution in [0.5, 0.6) is 0 Å². The Kier molecular flexibility index (Phi) is 6.81. The highest BCUT2D eigenvalue weighted by molar-refractivity contribution is 4.55. The molecule has 1 N–H and O–H groups in total. The van der Waals surface area contributed by atoms with Crippen LogP contribution in [0, 0.1) is 0 Å². The Morgan fingerprint density at radius 2 is 1.50 bits per heavy atom. The predicted octanol–water partition coefficient (Wildman–Crippen LogP) is 2.03. The van der Waals surface area contributed by atoms with Crippen molar-refractivity contribution in [2.24, 2.45) is 0 Å². The minimum atomic E-state index is -2.17. The maximum absolute atomic E-state index is 10.3. The molecule has 1 rings (SSSR count). The second-order valence-corrected chi connectivity index (χ2v) is 2.33. The topological polar surface area (TPSA) is 12.0 Å². The highest BCUT2D eigenvalue weighted by atomic mass is 19.3. The van der Waals surface area contributed by atoms with Crippen LogP contribution in [0.1, 0.15) is 26.2 Å². The lowest BCUT2D eigenvalue weighted by atomic mass is 10.2. The zero-order valence-corrected chi connectivity index (χ0v) is 6.37. The normalized spacial score (nSPS) is 18.0. The molecule has 0 aliphatic carbocycles. The highest BCUT2D eigenvalue weighted by Gasteiger charge is 1.93. The highest BCUT2D eigenvalue weighted by Crippen LogP contribution is 1.96. The lowest BCUT2D eigenvalue weighted by Gasteiger charge is -2.08. The summed E-state index contributed by atoms with van der Waals surface area (Å²) in [5, 5.41) is 3.28. The van der Waals surface area contributed by atoms with Crippen molar-refractivity contribution in [3.05, 3.63) is 0 Å². The molecule has 1 aliphatic rings. The van der Waals surface area contributed by atoms with E-state index in [1.807, 2.05) is 0 Å². The van der Waals surface area contributed by atoms with Gasteiger partial charge in [0.05, 0.1) is 0 Å².